The van der Waals surface area contributed by atoms with E-state index in [9.17, 15) is 0 Å². The Morgan fingerprint density at radius 3 is 2.71 bits per heavy atom. The smallest absolute Gasteiger partial charge is 0.0762 e. The van der Waals surface area contributed by atoms with Crippen LogP contribution in [0.3, 0.4) is 0 Å². The van der Waals surface area contributed by atoms with Crippen LogP contribution in [0.5, 0.6) is 0 Å². The van der Waals surface area contributed by atoms with Crippen LogP contribution in [0.25, 0.3) is 0 Å². The second-order valence-corrected chi connectivity index (χ2v) is 5.62. The third-order valence-electron chi connectivity index (χ3n) is 2.89. The molecule has 1 rings (SSSR count). The maximum Gasteiger partial charge on any atom is 0.0762 e. The molecule has 0 bridgehead atoms. The summed E-state index contributed by atoms with van der Waals surface area (Å²) in [6.45, 7) is 10.5. The standard InChI is InChI=1S/C13H25N3O/c1-11(2)16-7-5-12(15-16)9-14-10-13(3,4)6-8-17/h5,7,11,14,17H,6,8-10H2,1-4H3. The van der Waals surface area contributed by atoms with E-state index in [2.05, 4.69) is 38.1 Å². The van der Waals surface area contributed by atoms with Crippen LogP contribution in [0, 0.1) is 5.41 Å². The monoisotopic (exact) mass is 239 g/mol. The Morgan fingerprint density at radius 1 is 1.47 bits per heavy atom. The van der Waals surface area contributed by atoms with Crippen molar-refractivity contribution in [2.24, 2.45) is 5.41 Å². The summed E-state index contributed by atoms with van der Waals surface area (Å²) in [5, 5.41) is 16.8. The van der Waals surface area contributed by atoms with Gasteiger partial charge in [0.05, 0.1) is 5.69 Å². The molecule has 17 heavy (non-hydrogen) atoms. The lowest BCUT2D eigenvalue weighted by Gasteiger charge is -2.23. The van der Waals surface area contributed by atoms with Gasteiger partial charge < -0.3 is 10.4 Å². The fourth-order valence-corrected chi connectivity index (χ4v) is 1.68. The molecule has 4 heteroatoms. The number of nitrogens with one attached hydrogen (secondary N) is 1. The van der Waals surface area contributed by atoms with Crippen LogP contribution in [-0.2, 0) is 6.54 Å². The minimum Gasteiger partial charge on any atom is -0.396 e. The first-order valence-electron chi connectivity index (χ1n) is 6.30. The van der Waals surface area contributed by atoms with Gasteiger partial charge in [-0.1, -0.05) is 13.8 Å². The molecule has 1 aromatic rings. The molecule has 0 radical (unpaired) electrons. The molecule has 0 spiro atoms. The summed E-state index contributed by atoms with van der Waals surface area (Å²) >= 11 is 0. The molecule has 0 aromatic carbocycles. The van der Waals surface area contributed by atoms with Crippen molar-refractivity contribution in [2.75, 3.05) is 13.2 Å². The quantitative estimate of drug-likeness (QED) is 0.765. The lowest BCUT2D eigenvalue weighted by molar-refractivity contribution is 0.207. The number of hydrogen-bond donors (Lipinski definition) is 2. The van der Waals surface area contributed by atoms with Crippen molar-refractivity contribution >= 4 is 0 Å². The van der Waals surface area contributed by atoms with Gasteiger partial charge in [-0.3, -0.25) is 4.68 Å². The highest BCUT2D eigenvalue weighted by molar-refractivity contribution is 4.99. The summed E-state index contributed by atoms with van der Waals surface area (Å²) in [5.74, 6) is 0. The summed E-state index contributed by atoms with van der Waals surface area (Å²) in [6.07, 6.45) is 2.83. The molecule has 2 N–H and O–H groups in total. The summed E-state index contributed by atoms with van der Waals surface area (Å²) < 4.78 is 1.97. The first-order valence-corrected chi connectivity index (χ1v) is 6.30. The van der Waals surface area contributed by atoms with Gasteiger partial charge in [0.15, 0.2) is 0 Å². The normalized spacial score (nSPS) is 12.4. The first-order chi connectivity index (χ1) is 7.94. The number of aliphatic hydroxyl groups is 1. The maximum absolute atomic E-state index is 8.94. The predicted molar refractivity (Wildman–Crippen MR) is 69.8 cm³/mol. The molecule has 0 saturated carbocycles. The van der Waals surface area contributed by atoms with Crippen LogP contribution in [0.1, 0.15) is 45.9 Å². The highest BCUT2D eigenvalue weighted by Gasteiger charge is 2.16. The second kappa shape index (κ2) is 6.17. The molecule has 1 heterocycles. The zero-order valence-electron chi connectivity index (χ0n) is 11.4. The topological polar surface area (TPSA) is 50.1 Å². The van der Waals surface area contributed by atoms with Gasteiger partial charge >= 0.3 is 0 Å². The maximum atomic E-state index is 8.94. The van der Waals surface area contributed by atoms with Crippen molar-refractivity contribution in [1.29, 1.82) is 0 Å². The van der Waals surface area contributed by atoms with Crippen LogP contribution in [-0.4, -0.2) is 28.0 Å². The van der Waals surface area contributed by atoms with Gasteiger partial charge in [-0.2, -0.15) is 5.10 Å². The van der Waals surface area contributed by atoms with Crippen LogP contribution in [0.15, 0.2) is 12.3 Å². The van der Waals surface area contributed by atoms with E-state index in [1.807, 2.05) is 16.9 Å². The Balaban J connectivity index is 2.35. The third kappa shape index (κ3) is 4.88. The number of nitrogens with zero attached hydrogens (tertiary/aromatic N) is 2. The molecule has 0 unspecified atom stereocenters. The fourth-order valence-electron chi connectivity index (χ4n) is 1.68. The van der Waals surface area contributed by atoms with Gasteiger partial charge in [0.2, 0.25) is 0 Å². The average molecular weight is 239 g/mol. The Bertz CT molecular complexity index is 331. The number of aliphatic hydroxyl groups excluding tert-OH is 1. The zero-order chi connectivity index (χ0) is 12.9. The van der Waals surface area contributed by atoms with E-state index in [4.69, 9.17) is 5.11 Å². The van der Waals surface area contributed by atoms with Crippen LogP contribution in [0.4, 0.5) is 0 Å². The predicted octanol–water partition coefficient (Wildman–Crippen LogP) is 1.96. The molecule has 98 valence electrons. The molecular formula is C13H25N3O. The molecule has 0 saturated heterocycles. The second-order valence-electron chi connectivity index (χ2n) is 5.62. The highest BCUT2D eigenvalue weighted by Crippen LogP contribution is 2.18. The van der Waals surface area contributed by atoms with E-state index in [0.29, 0.717) is 6.04 Å². The van der Waals surface area contributed by atoms with E-state index < -0.39 is 0 Å². The van der Waals surface area contributed by atoms with E-state index in [0.717, 1.165) is 25.2 Å². The summed E-state index contributed by atoms with van der Waals surface area (Å²) in [4.78, 5) is 0. The Morgan fingerprint density at radius 2 is 2.18 bits per heavy atom. The largest absolute Gasteiger partial charge is 0.396 e. The summed E-state index contributed by atoms with van der Waals surface area (Å²) in [7, 11) is 0. The minimum absolute atomic E-state index is 0.134. The van der Waals surface area contributed by atoms with Crippen molar-refractivity contribution in [3.63, 3.8) is 0 Å². The SMILES string of the molecule is CC(C)n1ccc(CNCC(C)(C)CCO)n1. The molecular weight excluding hydrogens is 214 g/mol. The van der Waals surface area contributed by atoms with E-state index in [1.54, 1.807) is 0 Å². The van der Waals surface area contributed by atoms with Crippen LogP contribution < -0.4 is 5.32 Å². The molecule has 1 aromatic heterocycles. The van der Waals surface area contributed by atoms with Crippen molar-refractivity contribution in [1.82, 2.24) is 15.1 Å². The molecule has 0 amide bonds. The summed E-state index contributed by atoms with van der Waals surface area (Å²) in [5.41, 5.74) is 1.20. The Kier molecular flexibility index (Phi) is 5.15. The van der Waals surface area contributed by atoms with E-state index in [1.165, 1.54) is 0 Å². The number of rotatable bonds is 7. The van der Waals surface area contributed by atoms with Gasteiger partial charge in [0.25, 0.3) is 0 Å². The Labute approximate surface area is 104 Å². The molecule has 0 aliphatic rings. The third-order valence-corrected chi connectivity index (χ3v) is 2.89. The average Bonchev–Trinajstić information content (AvgIpc) is 2.66. The lowest BCUT2D eigenvalue weighted by Crippen LogP contribution is -2.30. The van der Waals surface area contributed by atoms with Crippen LogP contribution >= 0.6 is 0 Å². The molecule has 0 atom stereocenters. The van der Waals surface area contributed by atoms with Crippen molar-refractivity contribution in [3.05, 3.63) is 18.0 Å². The summed E-state index contributed by atoms with van der Waals surface area (Å²) in [6, 6.07) is 2.46. The van der Waals surface area contributed by atoms with Crippen LogP contribution in [0.2, 0.25) is 0 Å². The number of aromatic nitrogens is 2. The van der Waals surface area contributed by atoms with Gasteiger partial charge in [0.1, 0.15) is 0 Å². The van der Waals surface area contributed by atoms with Gasteiger partial charge in [0, 0.05) is 31.9 Å². The van der Waals surface area contributed by atoms with Gasteiger partial charge in [-0.15, -0.1) is 0 Å². The van der Waals surface area contributed by atoms with Gasteiger partial charge in [-0.25, -0.2) is 0 Å². The van der Waals surface area contributed by atoms with Crippen molar-refractivity contribution < 1.29 is 5.11 Å². The fraction of sp³-hybridized carbons (Fsp3) is 0.769. The van der Waals surface area contributed by atoms with Gasteiger partial charge in [-0.05, 0) is 31.7 Å². The first kappa shape index (κ1) is 14.2. The Hall–Kier alpha value is -0.870. The molecule has 0 fully saturated rings. The van der Waals surface area contributed by atoms with Crippen molar-refractivity contribution in [2.45, 2.75) is 46.7 Å². The highest BCUT2D eigenvalue weighted by atomic mass is 16.3. The van der Waals surface area contributed by atoms with E-state index in [-0.39, 0.29) is 12.0 Å². The van der Waals surface area contributed by atoms with E-state index >= 15 is 0 Å². The zero-order valence-corrected chi connectivity index (χ0v) is 11.4. The molecule has 0 aliphatic carbocycles. The number of hydrogen-bond acceptors (Lipinski definition) is 3. The lowest BCUT2D eigenvalue weighted by atomic mass is 9.90. The van der Waals surface area contributed by atoms with Crippen molar-refractivity contribution in [3.8, 4) is 0 Å². The molecule has 0 aliphatic heterocycles. The minimum atomic E-state index is 0.134. The molecule has 4 nitrogen and oxygen atoms in total.